The second kappa shape index (κ2) is 4.18. The molecule has 1 aromatic heterocycles. The summed E-state index contributed by atoms with van der Waals surface area (Å²) < 4.78 is 5.29. The number of nitrogens with one attached hydrogen (secondary N) is 1. The number of methoxy groups -OCH3 is 1. The molecule has 0 aliphatic carbocycles. The minimum absolute atomic E-state index is 0.172. The van der Waals surface area contributed by atoms with Gasteiger partial charge in [-0.15, -0.1) is 0 Å². The van der Waals surface area contributed by atoms with E-state index in [2.05, 4.69) is 18.0 Å². The number of aryl methyl sites for hydroxylation is 1. The van der Waals surface area contributed by atoms with Crippen LogP contribution in [0.5, 0.6) is 5.75 Å². The van der Waals surface area contributed by atoms with Crippen molar-refractivity contribution in [2.75, 3.05) is 7.11 Å². The van der Waals surface area contributed by atoms with E-state index in [1.807, 2.05) is 19.2 Å². The molecule has 2 aromatic rings. The van der Waals surface area contributed by atoms with Gasteiger partial charge in [-0.1, -0.05) is 0 Å². The van der Waals surface area contributed by atoms with Gasteiger partial charge >= 0.3 is 0 Å². The molecule has 0 fully saturated rings. The fourth-order valence-electron chi connectivity index (χ4n) is 2.07. The highest BCUT2D eigenvalue weighted by Crippen LogP contribution is 2.27. The minimum atomic E-state index is 0.172. The van der Waals surface area contributed by atoms with Crippen molar-refractivity contribution in [1.82, 2.24) is 4.98 Å². The van der Waals surface area contributed by atoms with Crippen LogP contribution in [-0.4, -0.2) is 18.1 Å². The van der Waals surface area contributed by atoms with Gasteiger partial charge in [0.25, 0.3) is 0 Å². The second-order valence-corrected chi connectivity index (χ2v) is 4.36. The number of rotatable bonds is 3. The van der Waals surface area contributed by atoms with Gasteiger partial charge in [0, 0.05) is 23.1 Å². The van der Waals surface area contributed by atoms with E-state index in [9.17, 15) is 0 Å². The summed E-state index contributed by atoms with van der Waals surface area (Å²) in [4.78, 5) is 3.30. The highest BCUT2D eigenvalue weighted by atomic mass is 16.5. The Hall–Kier alpha value is -1.48. The largest absolute Gasteiger partial charge is 0.497 e. The lowest BCUT2D eigenvalue weighted by atomic mass is 10.0. The fraction of sp³-hybridized carbons (Fsp3) is 0.385. The predicted molar refractivity (Wildman–Crippen MR) is 66.9 cm³/mol. The molecule has 0 saturated carbocycles. The standard InChI is InChI=1S/C13H18N2O/c1-8-4-11(16-3)6-12-10(5-9(2)14)7-15-13(8)12/h4,6-7,9,15H,5,14H2,1-3H3. The van der Waals surface area contributed by atoms with Crippen LogP contribution in [0.15, 0.2) is 18.3 Å². The van der Waals surface area contributed by atoms with E-state index in [0.717, 1.165) is 12.2 Å². The predicted octanol–water partition coefficient (Wildman–Crippen LogP) is 2.37. The lowest BCUT2D eigenvalue weighted by molar-refractivity contribution is 0.415. The van der Waals surface area contributed by atoms with E-state index in [4.69, 9.17) is 10.5 Å². The monoisotopic (exact) mass is 218 g/mol. The Morgan fingerprint density at radius 3 is 2.81 bits per heavy atom. The van der Waals surface area contributed by atoms with Gasteiger partial charge in [0.15, 0.2) is 0 Å². The van der Waals surface area contributed by atoms with Gasteiger partial charge in [0.05, 0.1) is 7.11 Å². The van der Waals surface area contributed by atoms with Crippen LogP contribution in [0.25, 0.3) is 10.9 Å². The molecule has 1 unspecified atom stereocenters. The van der Waals surface area contributed by atoms with Crippen LogP contribution in [0.1, 0.15) is 18.1 Å². The number of H-pyrrole nitrogens is 1. The molecule has 1 heterocycles. The maximum atomic E-state index is 5.84. The van der Waals surface area contributed by atoms with Crippen molar-refractivity contribution in [3.8, 4) is 5.75 Å². The Labute approximate surface area is 95.6 Å². The van der Waals surface area contributed by atoms with Gasteiger partial charge in [0.1, 0.15) is 5.75 Å². The van der Waals surface area contributed by atoms with Crippen molar-refractivity contribution >= 4 is 10.9 Å². The Kier molecular flexibility index (Phi) is 2.88. The van der Waals surface area contributed by atoms with Crippen LogP contribution in [0.3, 0.4) is 0 Å². The molecular formula is C13H18N2O. The molecule has 1 atom stereocenters. The summed E-state index contributed by atoms with van der Waals surface area (Å²) in [6.45, 7) is 4.10. The van der Waals surface area contributed by atoms with Crippen LogP contribution in [0.2, 0.25) is 0 Å². The van der Waals surface area contributed by atoms with Crippen molar-refractivity contribution in [2.45, 2.75) is 26.3 Å². The van der Waals surface area contributed by atoms with E-state index < -0.39 is 0 Å². The van der Waals surface area contributed by atoms with E-state index in [1.165, 1.54) is 22.0 Å². The number of hydrogen-bond donors (Lipinski definition) is 2. The van der Waals surface area contributed by atoms with Crippen molar-refractivity contribution in [2.24, 2.45) is 5.73 Å². The summed E-state index contributed by atoms with van der Waals surface area (Å²) in [7, 11) is 1.69. The number of aromatic amines is 1. The van der Waals surface area contributed by atoms with Crippen molar-refractivity contribution in [1.29, 1.82) is 0 Å². The van der Waals surface area contributed by atoms with Crippen molar-refractivity contribution in [3.05, 3.63) is 29.5 Å². The highest BCUT2D eigenvalue weighted by Gasteiger charge is 2.09. The third kappa shape index (κ3) is 1.91. The summed E-state index contributed by atoms with van der Waals surface area (Å²) in [5, 5.41) is 1.22. The zero-order valence-corrected chi connectivity index (χ0v) is 10.0. The Morgan fingerprint density at radius 2 is 2.19 bits per heavy atom. The first-order valence-corrected chi connectivity index (χ1v) is 5.52. The van der Waals surface area contributed by atoms with Gasteiger partial charge < -0.3 is 15.5 Å². The molecule has 0 amide bonds. The average Bonchev–Trinajstić information content (AvgIpc) is 2.61. The van der Waals surface area contributed by atoms with Crippen molar-refractivity contribution < 1.29 is 4.74 Å². The van der Waals surface area contributed by atoms with Gasteiger partial charge in [-0.3, -0.25) is 0 Å². The first kappa shape index (κ1) is 11.0. The van der Waals surface area contributed by atoms with Crippen molar-refractivity contribution in [3.63, 3.8) is 0 Å². The zero-order valence-electron chi connectivity index (χ0n) is 10.0. The quantitative estimate of drug-likeness (QED) is 0.831. The molecule has 16 heavy (non-hydrogen) atoms. The first-order valence-electron chi connectivity index (χ1n) is 5.52. The molecule has 3 heteroatoms. The van der Waals surface area contributed by atoms with Crippen LogP contribution in [0.4, 0.5) is 0 Å². The molecule has 0 aliphatic heterocycles. The topological polar surface area (TPSA) is 51.0 Å². The third-order valence-electron chi connectivity index (χ3n) is 2.82. The fourth-order valence-corrected chi connectivity index (χ4v) is 2.07. The first-order chi connectivity index (χ1) is 7.61. The minimum Gasteiger partial charge on any atom is -0.497 e. The molecule has 3 nitrogen and oxygen atoms in total. The Balaban J connectivity index is 2.56. The van der Waals surface area contributed by atoms with Crippen LogP contribution in [0, 0.1) is 6.92 Å². The maximum absolute atomic E-state index is 5.84. The molecule has 1 aromatic carbocycles. The molecule has 2 rings (SSSR count). The summed E-state index contributed by atoms with van der Waals surface area (Å²) in [6.07, 6.45) is 2.92. The lowest BCUT2D eigenvalue weighted by Crippen LogP contribution is -2.17. The number of aromatic nitrogens is 1. The number of fused-ring (bicyclic) bond motifs is 1. The molecular weight excluding hydrogens is 200 g/mol. The van der Waals surface area contributed by atoms with Crippen LogP contribution >= 0.6 is 0 Å². The summed E-state index contributed by atoms with van der Waals surface area (Å²) >= 11 is 0. The van der Waals surface area contributed by atoms with Crippen LogP contribution in [-0.2, 0) is 6.42 Å². The average molecular weight is 218 g/mol. The number of hydrogen-bond acceptors (Lipinski definition) is 2. The van der Waals surface area contributed by atoms with Gasteiger partial charge in [0.2, 0.25) is 0 Å². The lowest BCUT2D eigenvalue weighted by Gasteiger charge is -2.06. The van der Waals surface area contributed by atoms with E-state index in [-0.39, 0.29) is 6.04 Å². The Morgan fingerprint density at radius 1 is 1.44 bits per heavy atom. The highest BCUT2D eigenvalue weighted by molar-refractivity contribution is 5.87. The van der Waals surface area contributed by atoms with Gasteiger partial charge in [-0.2, -0.15) is 0 Å². The molecule has 3 N–H and O–H groups in total. The normalized spacial score (nSPS) is 13.0. The maximum Gasteiger partial charge on any atom is 0.119 e. The smallest absolute Gasteiger partial charge is 0.119 e. The molecule has 0 radical (unpaired) electrons. The molecule has 0 aliphatic rings. The summed E-state index contributed by atoms with van der Waals surface area (Å²) in [6, 6.07) is 4.27. The molecule has 86 valence electrons. The summed E-state index contributed by atoms with van der Waals surface area (Å²) in [5.74, 6) is 0.899. The number of ether oxygens (including phenoxy) is 1. The number of benzene rings is 1. The second-order valence-electron chi connectivity index (χ2n) is 4.36. The molecule has 0 saturated heterocycles. The Bertz CT molecular complexity index is 500. The molecule has 0 bridgehead atoms. The van der Waals surface area contributed by atoms with Gasteiger partial charge in [-0.25, -0.2) is 0 Å². The van der Waals surface area contributed by atoms with Gasteiger partial charge in [-0.05, 0) is 43.5 Å². The molecule has 0 spiro atoms. The van der Waals surface area contributed by atoms with E-state index in [0.29, 0.717) is 0 Å². The van der Waals surface area contributed by atoms with E-state index >= 15 is 0 Å². The number of nitrogens with two attached hydrogens (primary N) is 1. The SMILES string of the molecule is COc1cc(C)c2[nH]cc(CC(C)N)c2c1. The van der Waals surface area contributed by atoms with Crippen LogP contribution < -0.4 is 10.5 Å². The zero-order chi connectivity index (χ0) is 11.7. The van der Waals surface area contributed by atoms with E-state index in [1.54, 1.807) is 7.11 Å². The summed E-state index contributed by atoms with van der Waals surface area (Å²) in [5.41, 5.74) is 9.47. The third-order valence-corrected chi connectivity index (χ3v) is 2.82.